The van der Waals surface area contributed by atoms with Gasteiger partial charge in [0.2, 0.25) is 0 Å². The van der Waals surface area contributed by atoms with Crippen molar-refractivity contribution >= 4 is 16.9 Å². The summed E-state index contributed by atoms with van der Waals surface area (Å²) in [6, 6.07) is 7.53. The fraction of sp³-hybridized carbons (Fsp3) is 0.500. The van der Waals surface area contributed by atoms with Crippen molar-refractivity contribution in [2.24, 2.45) is 0 Å². The van der Waals surface area contributed by atoms with Gasteiger partial charge in [-0.25, -0.2) is 4.79 Å². The van der Waals surface area contributed by atoms with Crippen molar-refractivity contribution in [3.8, 4) is 5.75 Å². The van der Waals surface area contributed by atoms with Crippen molar-refractivity contribution < 1.29 is 13.9 Å². The van der Waals surface area contributed by atoms with Crippen LogP contribution in [-0.4, -0.2) is 42.6 Å². The molecule has 1 amide bonds. The minimum atomic E-state index is -0.381. The molecule has 138 valence electrons. The van der Waals surface area contributed by atoms with E-state index in [9.17, 15) is 9.59 Å². The molecule has 1 aliphatic carbocycles. The third-order valence-corrected chi connectivity index (χ3v) is 5.22. The second-order valence-electron chi connectivity index (χ2n) is 7.21. The van der Waals surface area contributed by atoms with Crippen LogP contribution in [-0.2, 0) is 4.79 Å². The predicted molar refractivity (Wildman–Crippen MR) is 98.5 cm³/mol. The zero-order chi connectivity index (χ0) is 18.1. The molecule has 0 unspecified atom stereocenters. The monoisotopic (exact) mass is 356 g/mol. The first kappa shape index (κ1) is 17.1. The highest BCUT2D eigenvalue weighted by Crippen LogP contribution is 2.31. The first-order chi connectivity index (χ1) is 12.6. The van der Waals surface area contributed by atoms with Gasteiger partial charge in [0.05, 0.1) is 0 Å². The van der Waals surface area contributed by atoms with Crippen LogP contribution in [0.1, 0.15) is 31.2 Å². The summed E-state index contributed by atoms with van der Waals surface area (Å²) in [4.78, 5) is 26.4. The summed E-state index contributed by atoms with van der Waals surface area (Å²) in [5, 5.41) is 4.22. The molecule has 2 heterocycles. The molecule has 1 aliphatic heterocycles. The van der Waals surface area contributed by atoms with E-state index in [-0.39, 0.29) is 18.1 Å². The number of carbonyl (C=O) groups is 1. The molecule has 0 atom stereocenters. The second kappa shape index (κ2) is 7.11. The zero-order valence-electron chi connectivity index (χ0n) is 15.0. The standard InChI is InChI=1S/C20H24N2O4/c1-13-10-20(24)26-18-11-16(4-5-17(13)18)25-12-19(23)22(14-2-3-14)15-6-8-21-9-7-15/h4-5,10-11,14-15,21H,2-3,6-9,12H2,1H3. The van der Waals surface area contributed by atoms with E-state index in [1.165, 1.54) is 6.07 Å². The van der Waals surface area contributed by atoms with Crippen molar-refractivity contribution in [2.45, 2.75) is 44.7 Å². The van der Waals surface area contributed by atoms with Gasteiger partial charge in [-0.05, 0) is 63.4 Å². The number of amides is 1. The zero-order valence-corrected chi connectivity index (χ0v) is 15.0. The lowest BCUT2D eigenvalue weighted by atomic mass is 10.0. The summed E-state index contributed by atoms with van der Waals surface area (Å²) < 4.78 is 11.0. The van der Waals surface area contributed by atoms with Crippen LogP contribution in [0, 0.1) is 6.92 Å². The van der Waals surface area contributed by atoms with Crippen LogP contribution in [0.4, 0.5) is 0 Å². The van der Waals surface area contributed by atoms with Gasteiger partial charge in [0.15, 0.2) is 6.61 Å². The van der Waals surface area contributed by atoms with Crippen LogP contribution >= 0.6 is 0 Å². The van der Waals surface area contributed by atoms with Gasteiger partial charge in [0.25, 0.3) is 5.91 Å². The molecule has 0 bridgehead atoms. The van der Waals surface area contributed by atoms with Crippen LogP contribution in [0.15, 0.2) is 33.5 Å². The van der Waals surface area contributed by atoms with Crippen molar-refractivity contribution in [2.75, 3.05) is 19.7 Å². The summed E-state index contributed by atoms with van der Waals surface area (Å²) in [5.74, 6) is 0.589. The van der Waals surface area contributed by atoms with Gasteiger partial charge in [-0.1, -0.05) is 0 Å². The Morgan fingerprint density at radius 2 is 1.92 bits per heavy atom. The molecule has 6 heteroatoms. The molecule has 6 nitrogen and oxygen atoms in total. The maximum absolute atomic E-state index is 12.8. The molecular formula is C20H24N2O4. The van der Waals surface area contributed by atoms with Gasteiger partial charge >= 0.3 is 5.63 Å². The molecule has 4 rings (SSSR count). The molecule has 26 heavy (non-hydrogen) atoms. The highest BCUT2D eigenvalue weighted by atomic mass is 16.5. The lowest BCUT2D eigenvalue weighted by molar-refractivity contribution is -0.137. The Morgan fingerprint density at radius 1 is 1.19 bits per heavy atom. The normalized spacial score (nSPS) is 18.0. The average molecular weight is 356 g/mol. The van der Waals surface area contributed by atoms with E-state index in [0.29, 0.717) is 23.4 Å². The molecule has 1 N–H and O–H groups in total. The summed E-state index contributed by atoms with van der Waals surface area (Å²) in [5.41, 5.74) is 0.969. The quantitative estimate of drug-likeness (QED) is 0.832. The molecule has 0 radical (unpaired) electrons. The van der Waals surface area contributed by atoms with Crippen molar-refractivity contribution in [3.05, 3.63) is 40.2 Å². The number of piperidine rings is 1. The third kappa shape index (κ3) is 3.60. The highest BCUT2D eigenvalue weighted by Gasteiger charge is 2.37. The minimum Gasteiger partial charge on any atom is -0.484 e. The lowest BCUT2D eigenvalue weighted by Gasteiger charge is -2.34. The Bertz CT molecular complexity index is 866. The maximum Gasteiger partial charge on any atom is 0.336 e. The topological polar surface area (TPSA) is 71.8 Å². The van der Waals surface area contributed by atoms with Crippen molar-refractivity contribution in [1.82, 2.24) is 10.2 Å². The number of nitrogens with zero attached hydrogens (tertiary/aromatic N) is 1. The summed E-state index contributed by atoms with van der Waals surface area (Å²) in [7, 11) is 0. The number of ether oxygens (including phenoxy) is 1. The number of fused-ring (bicyclic) bond motifs is 1. The maximum atomic E-state index is 12.8. The Balaban J connectivity index is 1.46. The first-order valence-corrected chi connectivity index (χ1v) is 9.31. The van der Waals surface area contributed by atoms with Crippen LogP contribution in [0.25, 0.3) is 11.0 Å². The Labute approximate surface area is 152 Å². The Kier molecular flexibility index (Phi) is 4.68. The van der Waals surface area contributed by atoms with Crippen LogP contribution in [0.2, 0.25) is 0 Å². The molecular weight excluding hydrogens is 332 g/mol. The fourth-order valence-electron chi connectivity index (χ4n) is 3.76. The molecule has 2 fully saturated rings. The Hall–Kier alpha value is -2.34. The van der Waals surface area contributed by atoms with E-state index in [1.54, 1.807) is 6.07 Å². The minimum absolute atomic E-state index is 0.0159. The van der Waals surface area contributed by atoms with Gasteiger partial charge in [0.1, 0.15) is 11.3 Å². The molecule has 1 saturated carbocycles. The van der Waals surface area contributed by atoms with Crippen molar-refractivity contribution in [1.29, 1.82) is 0 Å². The van der Waals surface area contributed by atoms with Gasteiger partial charge in [-0.3, -0.25) is 4.79 Å². The highest BCUT2D eigenvalue weighted by molar-refractivity contribution is 5.82. The van der Waals surface area contributed by atoms with E-state index in [0.717, 1.165) is 49.7 Å². The summed E-state index contributed by atoms with van der Waals surface area (Å²) >= 11 is 0. The van der Waals surface area contributed by atoms with Crippen molar-refractivity contribution in [3.63, 3.8) is 0 Å². The first-order valence-electron chi connectivity index (χ1n) is 9.31. The van der Waals surface area contributed by atoms with E-state index in [2.05, 4.69) is 5.32 Å². The average Bonchev–Trinajstić information content (AvgIpc) is 3.45. The van der Waals surface area contributed by atoms with Crippen LogP contribution in [0.5, 0.6) is 5.75 Å². The fourth-order valence-corrected chi connectivity index (χ4v) is 3.76. The van der Waals surface area contributed by atoms with E-state index in [1.807, 2.05) is 24.0 Å². The number of nitrogens with one attached hydrogen (secondary N) is 1. The predicted octanol–water partition coefficient (Wildman–Crippen LogP) is 2.22. The summed E-state index contributed by atoms with van der Waals surface area (Å²) in [6.07, 6.45) is 4.19. The molecule has 1 aromatic heterocycles. The molecule has 2 aliphatic rings. The third-order valence-electron chi connectivity index (χ3n) is 5.22. The van der Waals surface area contributed by atoms with Gasteiger partial charge < -0.3 is 19.4 Å². The molecule has 1 saturated heterocycles. The molecule has 0 spiro atoms. The van der Waals surface area contributed by atoms with E-state index >= 15 is 0 Å². The smallest absolute Gasteiger partial charge is 0.336 e. The number of aryl methyl sites for hydroxylation is 1. The molecule has 1 aromatic carbocycles. The Morgan fingerprint density at radius 3 is 2.65 bits per heavy atom. The van der Waals surface area contributed by atoms with E-state index < -0.39 is 0 Å². The van der Waals surface area contributed by atoms with Gasteiger partial charge in [-0.2, -0.15) is 0 Å². The SMILES string of the molecule is Cc1cc(=O)oc2cc(OCC(=O)N(C3CCNCC3)C3CC3)ccc12. The lowest BCUT2D eigenvalue weighted by Crippen LogP contribution is -2.48. The van der Waals surface area contributed by atoms with Gasteiger partial charge in [0, 0.05) is 29.6 Å². The number of rotatable bonds is 5. The number of carbonyl (C=O) groups excluding carboxylic acids is 1. The second-order valence-corrected chi connectivity index (χ2v) is 7.21. The molecule has 2 aromatic rings. The number of hydrogen-bond donors (Lipinski definition) is 1. The van der Waals surface area contributed by atoms with E-state index in [4.69, 9.17) is 9.15 Å². The van der Waals surface area contributed by atoms with Crippen LogP contribution in [0.3, 0.4) is 0 Å². The number of benzene rings is 1. The van der Waals surface area contributed by atoms with Gasteiger partial charge in [-0.15, -0.1) is 0 Å². The number of hydrogen-bond acceptors (Lipinski definition) is 5. The summed E-state index contributed by atoms with van der Waals surface area (Å²) in [6.45, 7) is 3.81. The largest absolute Gasteiger partial charge is 0.484 e. The van der Waals surface area contributed by atoms with Crippen LogP contribution < -0.4 is 15.7 Å².